The number of rotatable bonds is 4. The Balaban J connectivity index is 1.41. The Kier molecular flexibility index (Phi) is 5.34. The van der Waals surface area contributed by atoms with Crippen LogP contribution in [0.25, 0.3) is 22.3 Å². The van der Waals surface area contributed by atoms with E-state index in [-0.39, 0.29) is 17.8 Å². The van der Waals surface area contributed by atoms with Crippen LogP contribution in [-0.2, 0) is 4.74 Å². The van der Waals surface area contributed by atoms with E-state index in [1.807, 2.05) is 26.1 Å². The normalized spacial score (nSPS) is 20.7. The summed E-state index contributed by atoms with van der Waals surface area (Å²) >= 11 is 6.02. The SMILES string of the molecule is Cc1nc2nc([C@H]3CCO[C@@H](c4cnn(C5CC5)c4)C3)cc(-c3ccc(Cl)cc3F)c2nc1C. The second kappa shape index (κ2) is 8.40. The lowest BCUT2D eigenvalue weighted by Gasteiger charge is -2.29. The van der Waals surface area contributed by atoms with E-state index in [0.717, 1.165) is 35.5 Å². The molecule has 3 aromatic heterocycles. The van der Waals surface area contributed by atoms with E-state index in [4.69, 9.17) is 31.3 Å². The van der Waals surface area contributed by atoms with E-state index in [0.29, 0.717) is 40.0 Å². The van der Waals surface area contributed by atoms with E-state index in [1.54, 1.807) is 12.1 Å². The third-order valence-electron chi connectivity index (χ3n) is 6.91. The van der Waals surface area contributed by atoms with Gasteiger partial charge < -0.3 is 4.74 Å². The van der Waals surface area contributed by atoms with Crippen LogP contribution in [0.3, 0.4) is 0 Å². The van der Waals surface area contributed by atoms with Crippen molar-refractivity contribution in [2.75, 3.05) is 6.61 Å². The third-order valence-corrected chi connectivity index (χ3v) is 7.14. The Hall–Kier alpha value is -2.90. The van der Waals surface area contributed by atoms with Crippen molar-refractivity contribution in [2.24, 2.45) is 0 Å². The molecule has 4 heterocycles. The van der Waals surface area contributed by atoms with Gasteiger partial charge in [0.25, 0.3) is 0 Å². The van der Waals surface area contributed by atoms with E-state index in [1.165, 1.54) is 18.9 Å². The molecule has 1 aromatic carbocycles. The van der Waals surface area contributed by atoms with Gasteiger partial charge in [-0.1, -0.05) is 11.6 Å². The van der Waals surface area contributed by atoms with Crippen LogP contribution in [-0.4, -0.2) is 31.3 Å². The first-order chi connectivity index (χ1) is 16.5. The predicted molar refractivity (Wildman–Crippen MR) is 128 cm³/mol. The van der Waals surface area contributed by atoms with Gasteiger partial charge in [0, 0.05) is 46.1 Å². The van der Waals surface area contributed by atoms with Crippen LogP contribution >= 0.6 is 11.6 Å². The molecule has 1 aliphatic carbocycles. The highest BCUT2D eigenvalue weighted by atomic mass is 35.5. The maximum absolute atomic E-state index is 15.0. The number of nitrogens with zero attached hydrogens (tertiary/aromatic N) is 5. The molecular weight excluding hydrogens is 453 g/mol. The third kappa shape index (κ3) is 3.97. The van der Waals surface area contributed by atoms with E-state index < -0.39 is 0 Å². The topological polar surface area (TPSA) is 65.7 Å². The molecule has 1 aliphatic heterocycles. The van der Waals surface area contributed by atoms with Crippen molar-refractivity contribution in [3.63, 3.8) is 0 Å². The fourth-order valence-electron chi connectivity index (χ4n) is 4.70. The first kappa shape index (κ1) is 21.6. The number of aromatic nitrogens is 5. The van der Waals surface area contributed by atoms with Crippen molar-refractivity contribution >= 4 is 22.8 Å². The number of hydrogen-bond acceptors (Lipinski definition) is 5. The molecule has 6 nitrogen and oxygen atoms in total. The molecule has 8 heteroatoms. The summed E-state index contributed by atoms with van der Waals surface area (Å²) in [5, 5.41) is 4.89. The summed E-state index contributed by atoms with van der Waals surface area (Å²) in [6.45, 7) is 4.45. The van der Waals surface area contributed by atoms with Crippen molar-refractivity contribution in [1.82, 2.24) is 24.7 Å². The van der Waals surface area contributed by atoms with Crippen LogP contribution in [0, 0.1) is 19.7 Å². The van der Waals surface area contributed by atoms with Crippen LogP contribution < -0.4 is 0 Å². The highest BCUT2D eigenvalue weighted by molar-refractivity contribution is 6.30. The Morgan fingerprint density at radius 3 is 2.65 bits per heavy atom. The summed E-state index contributed by atoms with van der Waals surface area (Å²) in [5.41, 5.74) is 5.88. The Bertz CT molecular complexity index is 1400. The summed E-state index contributed by atoms with van der Waals surface area (Å²) in [4.78, 5) is 14.3. The van der Waals surface area contributed by atoms with Crippen molar-refractivity contribution in [2.45, 2.75) is 57.6 Å². The smallest absolute Gasteiger partial charge is 0.179 e. The second-order valence-corrected chi connectivity index (χ2v) is 9.79. The molecule has 1 saturated heterocycles. The Morgan fingerprint density at radius 1 is 1.03 bits per heavy atom. The molecule has 1 saturated carbocycles. The molecule has 0 unspecified atom stereocenters. The molecule has 2 aliphatic rings. The predicted octanol–water partition coefficient (Wildman–Crippen LogP) is 6.27. The van der Waals surface area contributed by atoms with Crippen LogP contribution in [0.2, 0.25) is 5.02 Å². The monoisotopic (exact) mass is 477 g/mol. The van der Waals surface area contributed by atoms with E-state index in [9.17, 15) is 4.39 Å². The number of hydrogen-bond donors (Lipinski definition) is 0. The molecule has 2 atom stereocenters. The van der Waals surface area contributed by atoms with Crippen molar-refractivity contribution in [1.29, 1.82) is 0 Å². The summed E-state index contributed by atoms with van der Waals surface area (Å²) in [7, 11) is 0. The van der Waals surface area contributed by atoms with E-state index >= 15 is 0 Å². The van der Waals surface area contributed by atoms with Gasteiger partial charge in [-0.2, -0.15) is 5.10 Å². The van der Waals surface area contributed by atoms with Gasteiger partial charge in [0.1, 0.15) is 11.3 Å². The van der Waals surface area contributed by atoms with Gasteiger partial charge >= 0.3 is 0 Å². The average molecular weight is 478 g/mol. The highest BCUT2D eigenvalue weighted by Gasteiger charge is 2.30. The van der Waals surface area contributed by atoms with Gasteiger partial charge in [-0.15, -0.1) is 0 Å². The van der Waals surface area contributed by atoms with Gasteiger partial charge in [0.05, 0.1) is 29.7 Å². The lowest BCUT2D eigenvalue weighted by molar-refractivity contribution is 0.00463. The summed E-state index contributed by atoms with van der Waals surface area (Å²) < 4.78 is 23.2. The number of benzene rings is 1. The lowest BCUT2D eigenvalue weighted by Crippen LogP contribution is -2.19. The molecule has 0 bridgehead atoms. The molecule has 0 amide bonds. The summed E-state index contributed by atoms with van der Waals surface area (Å²) in [5.74, 6) is -0.228. The zero-order valence-corrected chi connectivity index (χ0v) is 19.9. The van der Waals surface area contributed by atoms with Crippen LogP contribution in [0.5, 0.6) is 0 Å². The van der Waals surface area contributed by atoms with Crippen molar-refractivity contribution in [3.05, 3.63) is 70.1 Å². The van der Waals surface area contributed by atoms with Gasteiger partial charge in [-0.3, -0.25) is 4.68 Å². The fraction of sp³-hybridized carbons (Fsp3) is 0.385. The zero-order valence-electron chi connectivity index (χ0n) is 19.1. The zero-order chi connectivity index (χ0) is 23.4. The maximum atomic E-state index is 15.0. The van der Waals surface area contributed by atoms with E-state index in [2.05, 4.69) is 16.0 Å². The number of fused-ring (bicyclic) bond motifs is 1. The molecular formula is C26H25ClFN5O. The van der Waals surface area contributed by atoms with Crippen molar-refractivity contribution < 1.29 is 9.13 Å². The second-order valence-electron chi connectivity index (χ2n) is 9.35. The fourth-order valence-corrected chi connectivity index (χ4v) is 4.86. The summed E-state index contributed by atoms with van der Waals surface area (Å²) in [6, 6.07) is 7.24. The lowest BCUT2D eigenvalue weighted by atomic mass is 9.88. The Labute approximate surface area is 202 Å². The summed E-state index contributed by atoms with van der Waals surface area (Å²) in [6.07, 6.45) is 8.02. The largest absolute Gasteiger partial charge is 0.373 e. The molecule has 0 N–H and O–H groups in total. The van der Waals surface area contributed by atoms with Gasteiger partial charge in [0.15, 0.2) is 5.65 Å². The molecule has 6 rings (SSSR count). The van der Waals surface area contributed by atoms with Crippen LogP contribution in [0.15, 0.2) is 36.7 Å². The Morgan fingerprint density at radius 2 is 1.85 bits per heavy atom. The van der Waals surface area contributed by atoms with Gasteiger partial charge in [0.2, 0.25) is 0 Å². The van der Waals surface area contributed by atoms with Crippen LogP contribution in [0.1, 0.15) is 66.4 Å². The molecule has 2 fully saturated rings. The number of aryl methyl sites for hydroxylation is 2. The molecule has 4 aromatic rings. The number of halogens is 2. The molecule has 0 spiro atoms. The maximum Gasteiger partial charge on any atom is 0.179 e. The van der Waals surface area contributed by atoms with Crippen molar-refractivity contribution in [3.8, 4) is 11.1 Å². The standard InChI is InChI=1S/C26H25ClFN5O/c1-14-15(2)31-26-25(30-14)21(20-6-3-18(27)10-22(20)28)11-23(32-26)16-7-8-34-24(9-16)17-12-29-33(13-17)19-4-5-19/h3,6,10-13,16,19,24H,4-5,7-9H2,1-2H3/t16-,24+/m0/s1. The molecule has 0 radical (unpaired) electrons. The van der Waals surface area contributed by atoms with Gasteiger partial charge in [-0.05, 0) is 63.8 Å². The average Bonchev–Trinajstić information content (AvgIpc) is 3.56. The van der Waals surface area contributed by atoms with Gasteiger partial charge in [-0.25, -0.2) is 19.3 Å². The minimum absolute atomic E-state index is 0.0368. The highest BCUT2D eigenvalue weighted by Crippen LogP contribution is 2.41. The number of pyridine rings is 1. The minimum atomic E-state index is -0.386. The number of ether oxygens (including phenoxy) is 1. The molecule has 34 heavy (non-hydrogen) atoms. The quantitative estimate of drug-likeness (QED) is 0.346. The minimum Gasteiger partial charge on any atom is -0.373 e. The van der Waals surface area contributed by atoms with Crippen LogP contribution in [0.4, 0.5) is 4.39 Å². The first-order valence-corrected chi connectivity index (χ1v) is 12.1. The molecule has 174 valence electrons. The first-order valence-electron chi connectivity index (χ1n) is 11.7.